The summed E-state index contributed by atoms with van der Waals surface area (Å²) in [6, 6.07) is 5.66. The molecule has 6 heteroatoms. The lowest BCUT2D eigenvalue weighted by Gasteiger charge is -2.30. The number of benzene rings is 1. The van der Waals surface area contributed by atoms with Crippen molar-refractivity contribution < 1.29 is 0 Å². The van der Waals surface area contributed by atoms with Crippen LogP contribution in [-0.2, 0) is 0 Å². The standard InChI is InChI=1S/C17H20N4O2/c1-9(17(2,3)4)19-13-14(16(23)15(13)22)20-11-5-6-12-10(7-11)8-18-21-12/h5-9,19-20H,1-4H3,(H,18,21)/t9-/m1/s1. The number of rotatable bonds is 4. The van der Waals surface area contributed by atoms with Crippen LogP contribution in [0.1, 0.15) is 27.7 Å². The molecule has 1 heterocycles. The summed E-state index contributed by atoms with van der Waals surface area (Å²) in [4.78, 5) is 23.8. The molecule has 2 aromatic carbocycles. The zero-order valence-corrected chi connectivity index (χ0v) is 13.7. The number of aromatic amines is 1. The monoisotopic (exact) mass is 312 g/mol. The number of H-pyrrole nitrogens is 1. The molecule has 1 atom stereocenters. The lowest BCUT2D eigenvalue weighted by molar-refractivity contribution is 0.359. The molecule has 0 fully saturated rings. The first-order chi connectivity index (χ1) is 10.8. The lowest BCUT2D eigenvalue weighted by Crippen LogP contribution is -2.41. The second kappa shape index (κ2) is 5.22. The number of hydrogen-bond donors (Lipinski definition) is 3. The van der Waals surface area contributed by atoms with Crippen molar-refractivity contribution in [3.8, 4) is 0 Å². The minimum atomic E-state index is -0.485. The van der Waals surface area contributed by atoms with Gasteiger partial charge in [-0.3, -0.25) is 14.7 Å². The molecule has 6 nitrogen and oxygen atoms in total. The highest BCUT2D eigenvalue weighted by molar-refractivity contribution is 5.85. The average molecular weight is 312 g/mol. The molecule has 0 bridgehead atoms. The van der Waals surface area contributed by atoms with Crippen molar-refractivity contribution in [1.29, 1.82) is 0 Å². The summed E-state index contributed by atoms with van der Waals surface area (Å²) in [6.07, 6.45) is 1.71. The van der Waals surface area contributed by atoms with Gasteiger partial charge in [-0.1, -0.05) is 20.8 Å². The third-order valence-electron chi connectivity index (χ3n) is 4.28. The van der Waals surface area contributed by atoms with Gasteiger partial charge in [-0.15, -0.1) is 0 Å². The van der Waals surface area contributed by atoms with E-state index in [1.807, 2.05) is 25.1 Å². The molecule has 0 saturated heterocycles. The van der Waals surface area contributed by atoms with Gasteiger partial charge in [0.1, 0.15) is 11.4 Å². The first-order valence-electron chi connectivity index (χ1n) is 7.57. The van der Waals surface area contributed by atoms with E-state index in [4.69, 9.17) is 0 Å². The van der Waals surface area contributed by atoms with Crippen LogP contribution in [0.3, 0.4) is 0 Å². The molecule has 0 saturated carbocycles. The second-order valence-electron chi connectivity index (χ2n) is 6.94. The Morgan fingerprint density at radius 1 is 1.13 bits per heavy atom. The largest absolute Gasteiger partial charge is 0.377 e. The summed E-state index contributed by atoms with van der Waals surface area (Å²) in [7, 11) is 0. The van der Waals surface area contributed by atoms with E-state index in [1.165, 1.54) is 0 Å². The van der Waals surface area contributed by atoms with Gasteiger partial charge in [0.05, 0.1) is 11.7 Å². The quantitative estimate of drug-likeness (QED) is 0.645. The predicted octanol–water partition coefficient (Wildman–Crippen LogP) is 2.75. The summed E-state index contributed by atoms with van der Waals surface area (Å²) < 4.78 is 0. The first-order valence-corrected chi connectivity index (χ1v) is 7.57. The van der Waals surface area contributed by atoms with Gasteiger partial charge in [0.25, 0.3) is 10.9 Å². The van der Waals surface area contributed by atoms with Crippen LogP contribution in [-0.4, -0.2) is 16.2 Å². The van der Waals surface area contributed by atoms with Crippen molar-refractivity contribution in [2.45, 2.75) is 33.7 Å². The van der Waals surface area contributed by atoms with Crippen molar-refractivity contribution in [2.24, 2.45) is 5.41 Å². The normalized spacial score (nSPS) is 13.4. The van der Waals surface area contributed by atoms with Gasteiger partial charge in [-0.25, -0.2) is 0 Å². The highest BCUT2D eigenvalue weighted by Gasteiger charge is 2.26. The third kappa shape index (κ3) is 2.72. The molecule has 0 aliphatic heterocycles. The minimum absolute atomic E-state index is 0.0211. The smallest absolute Gasteiger partial charge is 0.253 e. The van der Waals surface area contributed by atoms with Gasteiger partial charge in [0.15, 0.2) is 0 Å². The average Bonchev–Trinajstić information content (AvgIpc) is 2.96. The van der Waals surface area contributed by atoms with Crippen molar-refractivity contribution >= 4 is 28.0 Å². The summed E-state index contributed by atoms with van der Waals surface area (Å²) in [6.45, 7) is 8.24. The molecule has 1 aromatic heterocycles. The molecule has 0 aliphatic rings. The summed E-state index contributed by atoms with van der Waals surface area (Å²) in [5.41, 5.74) is 1.39. The van der Waals surface area contributed by atoms with Crippen LogP contribution in [0.25, 0.3) is 10.9 Å². The number of anilines is 3. The number of nitrogens with one attached hydrogen (secondary N) is 3. The van der Waals surface area contributed by atoms with Crippen LogP contribution in [0.4, 0.5) is 17.1 Å². The van der Waals surface area contributed by atoms with Gasteiger partial charge < -0.3 is 10.6 Å². The number of aromatic nitrogens is 2. The lowest BCUT2D eigenvalue weighted by atomic mass is 9.87. The molecular formula is C17H20N4O2. The van der Waals surface area contributed by atoms with E-state index in [-0.39, 0.29) is 11.5 Å². The van der Waals surface area contributed by atoms with Crippen molar-refractivity contribution in [2.75, 3.05) is 10.6 Å². The van der Waals surface area contributed by atoms with Gasteiger partial charge in [0.2, 0.25) is 0 Å². The molecule has 0 aliphatic carbocycles. The van der Waals surface area contributed by atoms with E-state index >= 15 is 0 Å². The molecule has 0 radical (unpaired) electrons. The van der Waals surface area contributed by atoms with Crippen molar-refractivity contribution in [3.63, 3.8) is 0 Å². The fourth-order valence-corrected chi connectivity index (χ4v) is 2.25. The zero-order valence-electron chi connectivity index (χ0n) is 13.7. The maximum Gasteiger partial charge on any atom is 0.253 e. The summed E-state index contributed by atoms with van der Waals surface area (Å²) >= 11 is 0. The highest BCUT2D eigenvalue weighted by atomic mass is 16.2. The SMILES string of the molecule is C[C@@H](Nc1c(Nc2ccc3[nH]ncc3c2)c(=O)c1=O)C(C)(C)C. The fraction of sp³-hybridized carbons (Fsp3) is 0.353. The molecule has 23 heavy (non-hydrogen) atoms. The van der Waals surface area contributed by atoms with E-state index in [0.29, 0.717) is 11.4 Å². The van der Waals surface area contributed by atoms with Gasteiger partial charge >= 0.3 is 0 Å². The van der Waals surface area contributed by atoms with Gasteiger partial charge in [0, 0.05) is 17.1 Å². The topological polar surface area (TPSA) is 86.9 Å². The Labute approximate surface area is 133 Å². The number of fused-ring (bicyclic) bond motifs is 1. The third-order valence-corrected chi connectivity index (χ3v) is 4.28. The molecule has 3 rings (SSSR count). The number of hydrogen-bond acceptors (Lipinski definition) is 5. The minimum Gasteiger partial charge on any atom is -0.377 e. The van der Waals surface area contributed by atoms with E-state index in [9.17, 15) is 9.59 Å². The Kier molecular flexibility index (Phi) is 3.47. The van der Waals surface area contributed by atoms with Crippen LogP contribution < -0.4 is 21.5 Å². The molecule has 0 amide bonds. The fourth-order valence-electron chi connectivity index (χ4n) is 2.25. The van der Waals surface area contributed by atoms with E-state index in [1.54, 1.807) is 6.20 Å². The molecule has 120 valence electrons. The Morgan fingerprint density at radius 3 is 2.52 bits per heavy atom. The van der Waals surface area contributed by atoms with Crippen LogP contribution in [0.15, 0.2) is 34.0 Å². The Hall–Kier alpha value is -2.63. The molecule has 3 aromatic rings. The van der Waals surface area contributed by atoms with Crippen LogP contribution in [0.2, 0.25) is 0 Å². The summed E-state index contributed by atoms with van der Waals surface area (Å²) in [5.74, 6) is 0. The highest BCUT2D eigenvalue weighted by Crippen LogP contribution is 2.27. The second-order valence-corrected chi connectivity index (χ2v) is 6.94. The van der Waals surface area contributed by atoms with E-state index in [0.717, 1.165) is 16.6 Å². The Bertz CT molecular complexity index is 926. The maximum atomic E-state index is 11.9. The zero-order chi connectivity index (χ0) is 16.8. The van der Waals surface area contributed by atoms with Crippen molar-refractivity contribution in [1.82, 2.24) is 10.2 Å². The van der Waals surface area contributed by atoms with E-state index < -0.39 is 10.9 Å². The van der Waals surface area contributed by atoms with Crippen LogP contribution in [0, 0.1) is 5.41 Å². The molecule has 3 N–H and O–H groups in total. The predicted molar refractivity (Wildman–Crippen MR) is 93.3 cm³/mol. The van der Waals surface area contributed by atoms with Crippen LogP contribution >= 0.6 is 0 Å². The maximum absolute atomic E-state index is 11.9. The Morgan fingerprint density at radius 2 is 1.83 bits per heavy atom. The van der Waals surface area contributed by atoms with Gasteiger partial charge in [-0.2, -0.15) is 5.10 Å². The first kappa shape index (κ1) is 15.3. The molecule has 0 spiro atoms. The summed E-state index contributed by atoms with van der Waals surface area (Å²) in [5, 5.41) is 14.0. The molecular weight excluding hydrogens is 292 g/mol. The van der Waals surface area contributed by atoms with Crippen molar-refractivity contribution in [3.05, 3.63) is 44.8 Å². The van der Waals surface area contributed by atoms with Gasteiger partial charge in [-0.05, 0) is 30.5 Å². The van der Waals surface area contributed by atoms with Crippen LogP contribution in [0.5, 0.6) is 0 Å². The Balaban J connectivity index is 1.87. The molecule has 0 unspecified atom stereocenters. The number of nitrogens with zero attached hydrogens (tertiary/aromatic N) is 1. The van der Waals surface area contributed by atoms with E-state index in [2.05, 4.69) is 41.6 Å².